The van der Waals surface area contributed by atoms with Crippen molar-refractivity contribution in [2.24, 2.45) is 11.8 Å². The molecular formula is C19H20ClN3O4. The van der Waals surface area contributed by atoms with Crippen LogP contribution in [0.1, 0.15) is 18.4 Å². The lowest BCUT2D eigenvalue weighted by Crippen LogP contribution is -2.54. The standard InChI is InChI=1S/C19H20ClN3O4/c1-27-8-7-22-16(24)14-13-3-2-6-23(13)19(15(14)17(22)25)11-9-10(20)4-5-12(11)21-18(19)26/h4-5,9,13-15H,2-3,6-8H2,1H3,(H,21,26)/t13-,14+,15+,19+/m0/s1. The lowest BCUT2D eigenvalue weighted by molar-refractivity contribution is -0.146. The Balaban J connectivity index is 1.69. The molecule has 4 aliphatic rings. The van der Waals surface area contributed by atoms with E-state index >= 15 is 0 Å². The number of amides is 3. The van der Waals surface area contributed by atoms with Gasteiger partial charge < -0.3 is 10.1 Å². The van der Waals surface area contributed by atoms with E-state index in [0.717, 1.165) is 12.8 Å². The summed E-state index contributed by atoms with van der Waals surface area (Å²) < 4.78 is 5.07. The van der Waals surface area contributed by atoms with Crippen LogP contribution in [0.5, 0.6) is 0 Å². The monoisotopic (exact) mass is 389 g/mol. The van der Waals surface area contributed by atoms with E-state index in [1.165, 1.54) is 12.0 Å². The van der Waals surface area contributed by atoms with Gasteiger partial charge in [0, 0.05) is 29.4 Å². The molecule has 8 heteroatoms. The predicted octanol–water partition coefficient (Wildman–Crippen LogP) is 1.21. The molecule has 4 atom stereocenters. The first-order valence-electron chi connectivity index (χ1n) is 9.24. The van der Waals surface area contributed by atoms with Gasteiger partial charge in [-0.05, 0) is 37.6 Å². The van der Waals surface area contributed by atoms with Gasteiger partial charge in [0.15, 0.2) is 0 Å². The zero-order chi connectivity index (χ0) is 18.9. The number of likely N-dealkylation sites (tertiary alicyclic amines) is 1. The van der Waals surface area contributed by atoms with Crippen molar-refractivity contribution in [1.82, 2.24) is 9.80 Å². The summed E-state index contributed by atoms with van der Waals surface area (Å²) >= 11 is 6.24. The quantitative estimate of drug-likeness (QED) is 0.786. The molecule has 27 heavy (non-hydrogen) atoms. The topological polar surface area (TPSA) is 79.0 Å². The lowest BCUT2D eigenvalue weighted by atomic mass is 9.75. The summed E-state index contributed by atoms with van der Waals surface area (Å²) in [7, 11) is 1.54. The molecule has 142 valence electrons. The fraction of sp³-hybridized carbons (Fsp3) is 0.526. The van der Waals surface area contributed by atoms with Crippen LogP contribution < -0.4 is 5.32 Å². The molecule has 0 radical (unpaired) electrons. The van der Waals surface area contributed by atoms with Gasteiger partial charge in [0.05, 0.1) is 25.0 Å². The zero-order valence-electron chi connectivity index (χ0n) is 14.9. The van der Waals surface area contributed by atoms with Crippen LogP contribution in [0.3, 0.4) is 0 Å². The van der Waals surface area contributed by atoms with Gasteiger partial charge in [0.25, 0.3) is 0 Å². The number of hydrogen-bond acceptors (Lipinski definition) is 5. The van der Waals surface area contributed by atoms with Crippen molar-refractivity contribution in [2.75, 3.05) is 32.1 Å². The zero-order valence-corrected chi connectivity index (χ0v) is 15.7. The SMILES string of the molecule is COCCN1C(=O)[C@@H]2[C@@H]3CCCN3[C@@]3(C(=O)Nc4ccc(Cl)cc43)[C@H]2C1=O. The van der Waals surface area contributed by atoms with Crippen LogP contribution in [0.15, 0.2) is 18.2 Å². The van der Waals surface area contributed by atoms with E-state index in [2.05, 4.69) is 10.2 Å². The third kappa shape index (κ3) is 1.97. The minimum atomic E-state index is -1.15. The number of nitrogens with zero attached hydrogens (tertiary/aromatic N) is 2. The molecule has 1 aromatic rings. The molecule has 7 nitrogen and oxygen atoms in total. The number of methoxy groups -OCH3 is 1. The predicted molar refractivity (Wildman–Crippen MR) is 97.1 cm³/mol. The number of carbonyl (C=O) groups is 3. The molecule has 0 bridgehead atoms. The Morgan fingerprint density at radius 1 is 1.30 bits per heavy atom. The third-order valence-electron chi connectivity index (χ3n) is 6.56. The molecule has 3 fully saturated rings. The highest BCUT2D eigenvalue weighted by molar-refractivity contribution is 6.31. The highest BCUT2D eigenvalue weighted by Crippen LogP contribution is 2.60. The number of carbonyl (C=O) groups excluding carboxylic acids is 3. The summed E-state index contributed by atoms with van der Waals surface area (Å²) in [6.07, 6.45) is 1.71. The first-order chi connectivity index (χ1) is 13.0. The molecule has 0 saturated carbocycles. The van der Waals surface area contributed by atoms with Gasteiger partial charge in [-0.2, -0.15) is 0 Å². The van der Waals surface area contributed by atoms with Crippen LogP contribution in [0, 0.1) is 11.8 Å². The van der Waals surface area contributed by atoms with E-state index in [4.69, 9.17) is 16.3 Å². The number of halogens is 1. The lowest BCUT2D eigenvalue weighted by Gasteiger charge is -2.36. The molecule has 3 amide bonds. The Bertz CT molecular complexity index is 875. The molecule has 5 rings (SSSR count). The Morgan fingerprint density at radius 2 is 2.11 bits per heavy atom. The molecule has 0 aromatic heterocycles. The van der Waals surface area contributed by atoms with Crippen LogP contribution in [0.4, 0.5) is 5.69 Å². The van der Waals surface area contributed by atoms with E-state index < -0.39 is 17.4 Å². The Morgan fingerprint density at radius 3 is 2.89 bits per heavy atom. The van der Waals surface area contributed by atoms with Crippen molar-refractivity contribution < 1.29 is 19.1 Å². The second-order valence-corrected chi connectivity index (χ2v) is 8.07. The van der Waals surface area contributed by atoms with E-state index in [-0.39, 0.29) is 36.9 Å². The summed E-state index contributed by atoms with van der Waals surface area (Å²) in [5, 5.41) is 3.44. The molecule has 1 spiro atoms. The first kappa shape index (κ1) is 17.2. The normalized spacial score (nSPS) is 34.4. The van der Waals surface area contributed by atoms with Gasteiger partial charge >= 0.3 is 0 Å². The smallest absolute Gasteiger partial charge is 0.250 e. The van der Waals surface area contributed by atoms with Gasteiger partial charge in [0.1, 0.15) is 5.54 Å². The maximum absolute atomic E-state index is 13.3. The number of anilines is 1. The molecule has 3 saturated heterocycles. The number of rotatable bonds is 3. The van der Waals surface area contributed by atoms with Crippen molar-refractivity contribution in [3.8, 4) is 0 Å². The van der Waals surface area contributed by atoms with Gasteiger partial charge in [-0.3, -0.25) is 24.2 Å². The van der Waals surface area contributed by atoms with Crippen molar-refractivity contribution in [3.63, 3.8) is 0 Å². The van der Waals surface area contributed by atoms with Crippen LogP contribution in [0.25, 0.3) is 0 Å². The highest BCUT2D eigenvalue weighted by atomic mass is 35.5. The minimum Gasteiger partial charge on any atom is -0.383 e. The Kier molecular flexibility index (Phi) is 3.67. The van der Waals surface area contributed by atoms with Crippen molar-refractivity contribution >= 4 is 35.0 Å². The second-order valence-electron chi connectivity index (χ2n) is 7.64. The van der Waals surface area contributed by atoms with E-state index in [0.29, 0.717) is 22.8 Å². The maximum Gasteiger partial charge on any atom is 0.250 e. The maximum atomic E-state index is 13.3. The molecule has 4 aliphatic heterocycles. The summed E-state index contributed by atoms with van der Waals surface area (Å²) in [5.41, 5.74) is 0.237. The largest absolute Gasteiger partial charge is 0.383 e. The minimum absolute atomic E-state index is 0.102. The molecule has 1 aromatic carbocycles. The highest BCUT2D eigenvalue weighted by Gasteiger charge is 2.74. The number of fused-ring (bicyclic) bond motifs is 7. The molecule has 0 unspecified atom stereocenters. The number of nitrogens with one attached hydrogen (secondary N) is 1. The molecule has 0 aliphatic carbocycles. The van der Waals surface area contributed by atoms with Crippen LogP contribution in [-0.2, 0) is 24.7 Å². The Labute approximate surface area is 161 Å². The number of ether oxygens (including phenoxy) is 1. The average Bonchev–Trinajstić information content (AvgIpc) is 3.33. The first-order valence-corrected chi connectivity index (χ1v) is 9.62. The van der Waals surface area contributed by atoms with Crippen molar-refractivity contribution in [3.05, 3.63) is 28.8 Å². The number of benzene rings is 1. The van der Waals surface area contributed by atoms with E-state index in [9.17, 15) is 14.4 Å². The van der Waals surface area contributed by atoms with Gasteiger partial charge in [-0.25, -0.2) is 0 Å². The average molecular weight is 390 g/mol. The van der Waals surface area contributed by atoms with E-state index in [1.807, 2.05) is 0 Å². The Hall–Kier alpha value is -1.96. The van der Waals surface area contributed by atoms with Crippen LogP contribution in [0.2, 0.25) is 5.02 Å². The van der Waals surface area contributed by atoms with Crippen molar-refractivity contribution in [1.29, 1.82) is 0 Å². The summed E-state index contributed by atoms with van der Waals surface area (Å²) in [6.45, 7) is 1.19. The van der Waals surface area contributed by atoms with Crippen molar-refractivity contribution in [2.45, 2.75) is 24.4 Å². The summed E-state index contributed by atoms with van der Waals surface area (Å²) in [6, 6.07) is 5.16. The van der Waals surface area contributed by atoms with Crippen LogP contribution >= 0.6 is 11.6 Å². The van der Waals surface area contributed by atoms with Gasteiger partial charge in [-0.1, -0.05) is 11.6 Å². The molecular weight excluding hydrogens is 370 g/mol. The summed E-state index contributed by atoms with van der Waals surface area (Å²) in [5.74, 6) is -1.90. The fourth-order valence-electron chi connectivity index (χ4n) is 5.64. The van der Waals surface area contributed by atoms with Crippen LogP contribution in [-0.4, -0.2) is 60.4 Å². The summed E-state index contributed by atoms with van der Waals surface area (Å²) in [4.78, 5) is 43.2. The molecule has 1 N–H and O–H groups in total. The van der Waals surface area contributed by atoms with Gasteiger partial charge in [0.2, 0.25) is 17.7 Å². The number of imide groups is 1. The van der Waals surface area contributed by atoms with Gasteiger partial charge in [-0.15, -0.1) is 0 Å². The van der Waals surface area contributed by atoms with E-state index in [1.54, 1.807) is 18.2 Å². The third-order valence-corrected chi connectivity index (χ3v) is 6.80. The second kappa shape index (κ2) is 5.77. The molecule has 4 heterocycles. The fourth-order valence-corrected chi connectivity index (χ4v) is 5.81. The number of hydrogen-bond donors (Lipinski definition) is 1.